The maximum Gasteiger partial charge on any atom is 0.409 e. The molecule has 1 aliphatic rings. The summed E-state index contributed by atoms with van der Waals surface area (Å²) in [6.07, 6.45) is -0.573. The molecule has 0 saturated carbocycles. The van der Waals surface area contributed by atoms with Crippen LogP contribution in [0.15, 0.2) is 30.3 Å². The molecule has 1 N–H and O–H groups in total. The lowest BCUT2D eigenvalue weighted by Gasteiger charge is -2.36. The fourth-order valence-corrected chi connectivity index (χ4v) is 4.14. The Morgan fingerprint density at radius 1 is 1.05 bits per heavy atom. The van der Waals surface area contributed by atoms with Crippen molar-refractivity contribution in [2.24, 2.45) is 0 Å². The summed E-state index contributed by atoms with van der Waals surface area (Å²) in [7, 11) is 0. The van der Waals surface area contributed by atoms with E-state index >= 15 is 0 Å². The second-order valence-corrected chi connectivity index (χ2v) is 10.4. The van der Waals surface area contributed by atoms with E-state index in [1.165, 1.54) is 34.1 Å². The van der Waals surface area contributed by atoms with E-state index in [9.17, 15) is 23.6 Å². The molecule has 0 radical (unpaired) electrons. The van der Waals surface area contributed by atoms with Gasteiger partial charge < -0.3 is 24.6 Å². The first-order valence-electron chi connectivity index (χ1n) is 13.2. The summed E-state index contributed by atoms with van der Waals surface area (Å²) >= 11 is 0. The quantitative estimate of drug-likeness (QED) is 0.490. The molecule has 1 saturated heterocycles. The second-order valence-electron chi connectivity index (χ2n) is 10.4. The van der Waals surface area contributed by atoms with E-state index < -0.39 is 41.3 Å². The van der Waals surface area contributed by atoms with Gasteiger partial charge in [0.05, 0.1) is 12.2 Å². The Kier molecular flexibility index (Phi) is 10.1. The first-order chi connectivity index (χ1) is 18.9. The van der Waals surface area contributed by atoms with Crippen LogP contribution in [0.2, 0.25) is 0 Å². The zero-order chi connectivity index (χ0) is 29.4. The Hall–Kier alpha value is -4.09. The summed E-state index contributed by atoms with van der Waals surface area (Å²) in [5, 5.41) is 2.70. The number of carbonyl (C=O) groups is 4. The zero-order valence-electron chi connectivity index (χ0n) is 23.5. The van der Waals surface area contributed by atoms with E-state index in [0.29, 0.717) is 5.69 Å². The van der Waals surface area contributed by atoms with Gasteiger partial charge in [-0.15, -0.1) is 0 Å². The fraction of sp³-hybridized carbons (Fsp3) is 0.500. The third-order valence-corrected chi connectivity index (χ3v) is 5.98. The summed E-state index contributed by atoms with van der Waals surface area (Å²) in [5.41, 5.74) is -0.180. The molecule has 1 aromatic heterocycles. The van der Waals surface area contributed by atoms with Crippen molar-refractivity contribution in [3.8, 4) is 11.4 Å². The van der Waals surface area contributed by atoms with Crippen molar-refractivity contribution in [2.75, 3.05) is 32.8 Å². The van der Waals surface area contributed by atoms with Crippen LogP contribution in [-0.2, 0) is 19.1 Å². The highest BCUT2D eigenvalue weighted by Gasteiger charge is 2.32. The summed E-state index contributed by atoms with van der Waals surface area (Å²) in [6.45, 7) is 9.85. The maximum atomic E-state index is 14.4. The zero-order valence-corrected chi connectivity index (χ0v) is 23.5. The number of benzene rings is 1. The smallest absolute Gasteiger partial charge is 0.409 e. The van der Waals surface area contributed by atoms with Gasteiger partial charge in [-0.05, 0) is 59.2 Å². The van der Waals surface area contributed by atoms with Crippen LogP contribution in [0.3, 0.4) is 0 Å². The molecule has 2 aromatic rings. The molecular weight excluding hydrogens is 521 g/mol. The lowest BCUT2D eigenvalue weighted by atomic mass is 10.1. The summed E-state index contributed by atoms with van der Waals surface area (Å²) in [6, 6.07) is 6.32. The lowest BCUT2D eigenvalue weighted by Crippen LogP contribution is -2.56. The summed E-state index contributed by atoms with van der Waals surface area (Å²) < 4.78 is 24.8. The number of rotatable bonds is 8. The fourth-order valence-electron chi connectivity index (χ4n) is 4.14. The van der Waals surface area contributed by atoms with Crippen LogP contribution in [0.1, 0.15) is 56.7 Å². The van der Waals surface area contributed by atoms with Gasteiger partial charge in [-0.3, -0.25) is 14.4 Å². The van der Waals surface area contributed by atoms with E-state index in [4.69, 9.17) is 9.47 Å². The molecule has 11 nitrogen and oxygen atoms in total. The van der Waals surface area contributed by atoms with Gasteiger partial charge in [0, 0.05) is 38.3 Å². The predicted octanol–water partition coefficient (Wildman–Crippen LogP) is 3.11. The number of nitrogens with one attached hydrogen (secondary N) is 1. The van der Waals surface area contributed by atoms with Gasteiger partial charge in [-0.25, -0.2) is 19.2 Å². The number of ether oxygens (including phenoxy) is 2. The number of aryl methyl sites for hydroxylation is 1. The number of hydrogen-bond acceptors (Lipinski definition) is 8. The molecule has 1 atom stereocenters. The second kappa shape index (κ2) is 13.3. The van der Waals surface area contributed by atoms with Crippen molar-refractivity contribution in [1.82, 2.24) is 25.1 Å². The van der Waals surface area contributed by atoms with E-state index in [1.807, 2.05) is 0 Å². The van der Waals surface area contributed by atoms with E-state index in [0.717, 1.165) is 0 Å². The number of aromatic nitrogens is 2. The van der Waals surface area contributed by atoms with Crippen LogP contribution in [0.25, 0.3) is 11.4 Å². The molecule has 0 bridgehead atoms. The molecule has 0 aliphatic carbocycles. The number of hydrogen-bond donors (Lipinski definition) is 1. The van der Waals surface area contributed by atoms with Gasteiger partial charge in [0.15, 0.2) is 5.82 Å². The van der Waals surface area contributed by atoms with Gasteiger partial charge in [0.1, 0.15) is 23.2 Å². The molecule has 1 aliphatic heterocycles. The number of amides is 3. The Bertz CT molecular complexity index is 1240. The number of piperazine rings is 1. The van der Waals surface area contributed by atoms with Gasteiger partial charge in [-0.1, -0.05) is 12.1 Å². The molecule has 40 heavy (non-hydrogen) atoms. The highest BCUT2D eigenvalue weighted by molar-refractivity contribution is 5.96. The molecule has 1 aromatic carbocycles. The minimum Gasteiger partial charge on any atom is -0.460 e. The largest absolute Gasteiger partial charge is 0.460 e. The average molecular weight is 558 g/mol. The Balaban J connectivity index is 1.78. The topological polar surface area (TPSA) is 131 Å². The van der Waals surface area contributed by atoms with Crippen LogP contribution in [0, 0.1) is 12.7 Å². The number of esters is 1. The standard InChI is InChI=1S/C28H36FN5O6/c1-6-39-27(38)34-15-13-33(14-16-34)26(37)21(11-12-23(35)40-28(3,4)5)32-25(36)22-17-18(2)30-24(31-22)19-9-7-8-10-20(19)29/h7-10,17,21H,6,11-16H2,1-5H3,(H,32,36)/t21-/m0/s1. The monoisotopic (exact) mass is 557 g/mol. The number of carbonyl (C=O) groups excluding carboxylic acids is 4. The molecule has 1 fully saturated rings. The third-order valence-electron chi connectivity index (χ3n) is 5.98. The van der Waals surface area contributed by atoms with Gasteiger partial charge >= 0.3 is 12.1 Å². The van der Waals surface area contributed by atoms with Crippen molar-refractivity contribution in [1.29, 1.82) is 0 Å². The molecule has 0 spiro atoms. The number of halogens is 1. The van der Waals surface area contributed by atoms with Gasteiger partial charge in [-0.2, -0.15) is 0 Å². The van der Waals surface area contributed by atoms with Gasteiger partial charge in [0.2, 0.25) is 5.91 Å². The molecule has 2 heterocycles. The highest BCUT2D eigenvalue weighted by Crippen LogP contribution is 2.20. The average Bonchev–Trinajstić information content (AvgIpc) is 2.89. The van der Waals surface area contributed by atoms with Crippen LogP contribution in [0.4, 0.5) is 9.18 Å². The molecule has 12 heteroatoms. The Morgan fingerprint density at radius 2 is 1.70 bits per heavy atom. The molecule has 216 valence electrons. The van der Waals surface area contributed by atoms with Crippen LogP contribution in [-0.4, -0.2) is 88.1 Å². The number of nitrogens with zero attached hydrogens (tertiary/aromatic N) is 4. The van der Waals surface area contributed by atoms with Crippen molar-refractivity contribution >= 4 is 23.9 Å². The molecule has 0 unspecified atom stereocenters. The predicted molar refractivity (Wildman–Crippen MR) is 144 cm³/mol. The van der Waals surface area contributed by atoms with Crippen molar-refractivity contribution < 1.29 is 33.0 Å². The summed E-state index contributed by atoms with van der Waals surface area (Å²) in [4.78, 5) is 62.8. The van der Waals surface area contributed by atoms with Crippen LogP contribution < -0.4 is 5.32 Å². The van der Waals surface area contributed by atoms with Crippen molar-refractivity contribution in [3.63, 3.8) is 0 Å². The third kappa shape index (κ3) is 8.45. The Labute approximate surface area is 233 Å². The maximum absolute atomic E-state index is 14.4. The van der Waals surface area contributed by atoms with Crippen LogP contribution in [0.5, 0.6) is 0 Å². The van der Waals surface area contributed by atoms with E-state index in [-0.39, 0.29) is 62.7 Å². The molecule has 3 rings (SSSR count). The Morgan fingerprint density at radius 3 is 2.33 bits per heavy atom. The van der Waals surface area contributed by atoms with Crippen molar-refractivity contribution in [2.45, 2.75) is 59.1 Å². The van der Waals surface area contributed by atoms with Gasteiger partial charge in [0.25, 0.3) is 5.91 Å². The lowest BCUT2D eigenvalue weighted by molar-refractivity contribution is -0.155. The highest BCUT2D eigenvalue weighted by atomic mass is 19.1. The molecule has 3 amide bonds. The van der Waals surface area contributed by atoms with Crippen LogP contribution >= 0.6 is 0 Å². The van der Waals surface area contributed by atoms with Crippen molar-refractivity contribution in [3.05, 3.63) is 47.5 Å². The SMILES string of the molecule is CCOC(=O)N1CCN(C(=O)[C@H](CCC(=O)OC(C)(C)C)NC(=O)c2cc(C)nc(-c3ccccc3F)n2)CC1. The normalized spacial score (nSPS) is 14.3. The summed E-state index contributed by atoms with van der Waals surface area (Å²) in [5.74, 6) is -2.08. The van der Waals surface area contributed by atoms with E-state index in [1.54, 1.807) is 40.7 Å². The van der Waals surface area contributed by atoms with E-state index in [2.05, 4.69) is 15.3 Å². The minimum absolute atomic E-state index is 0.0121. The first-order valence-corrected chi connectivity index (χ1v) is 13.2. The first kappa shape index (κ1) is 30.5. The molecular formula is C28H36FN5O6. The minimum atomic E-state index is -1.07.